The van der Waals surface area contributed by atoms with Crippen molar-refractivity contribution in [3.8, 4) is 6.07 Å². The van der Waals surface area contributed by atoms with Gasteiger partial charge in [-0.2, -0.15) is 5.26 Å². The van der Waals surface area contributed by atoms with Crippen molar-refractivity contribution in [3.63, 3.8) is 0 Å². The number of hydrogen-bond acceptors (Lipinski definition) is 5. The summed E-state index contributed by atoms with van der Waals surface area (Å²) >= 11 is 0. The van der Waals surface area contributed by atoms with E-state index in [4.69, 9.17) is 14.7 Å². The molecule has 20 heavy (non-hydrogen) atoms. The van der Waals surface area contributed by atoms with Crippen molar-refractivity contribution in [2.24, 2.45) is 0 Å². The van der Waals surface area contributed by atoms with Gasteiger partial charge < -0.3 is 14.6 Å². The maximum absolute atomic E-state index is 11.8. The first-order valence-corrected chi connectivity index (χ1v) is 6.15. The zero-order valence-corrected chi connectivity index (χ0v) is 10.5. The van der Waals surface area contributed by atoms with Gasteiger partial charge in [0, 0.05) is 0 Å². The number of carbonyl (C=O) groups is 1. The lowest BCUT2D eigenvalue weighted by Crippen LogP contribution is -2.45. The number of ether oxygens (including phenoxy) is 2. The molecule has 3 rings (SSSR count). The highest BCUT2D eigenvalue weighted by Gasteiger charge is 2.35. The number of aliphatic hydroxyl groups is 1. The van der Waals surface area contributed by atoms with E-state index < -0.39 is 6.41 Å². The molecule has 1 aromatic carbocycles. The van der Waals surface area contributed by atoms with E-state index in [0.29, 0.717) is 23.5 Å². The van der Waals surface area contributed by atoms with Crippen molar-refractivity contribution < 1.29 is 19.4 Å². The third kappa shape index (κ3) is 2.13. The lowest BCUT2D eigenvalue weighted by atomic mass is 9.92. The fourth-order valence-corrected chi connectivity index (χ4v) is 2.35. The van der Waals surface area contributed by atoms with E-state index >= 15 is 0 Å². The second-order valence-electron chi connectivity index (χ2n) is 4.59. The van der Waals surface area contributed by atoms with Gasteiger partial charge in [0.15, 0.2) is 0 Å². The summed E-state index contributed by atoms with van der Waals surface area (Å²) < 4.78 is 10.8. The van der Waals surface area contributed by atoms with E-state index in [1.54, 1.807) is 24.3 Å². The summed E-state index contributed by atoms with van der Waals surface area (Å²) in [5.41, 5.74) is 1.83. The molecule has 0 aromatic heterocycles. The quantitative estimate of drug-likeness (QED) is 0.769. The van der Waals surface area contributed by atoms with Gasteiger partial charge in [-0.1, -0.05) is 12.1 Å². The minimum atomic E-state index is -1.33. The van der Waals surface area contributed by atoms with E-state index in [9.17, 15) is 9.90 Å². The monoisotopic (exact) mass is 272 g/mol. The lowest BCUT2D eigenvalue weighted by molar-refractivity contribution is -0.146. The van der Waals surface area contributed by atoms with Crippen LogP contribution in [0.1, 0.15) is 17.0 Å². The predicted octanol–water partition coefficient (Wildman–Crippen LogP) is 0.348. The Balaban J connectivity index is 1.98. The number of amides is 1. The highest BCUT2D eigenvalue weighted by molar-refractivity contribution is 5.95. The molecule has 0 saturated heterocycles. The molecule has 2 heterocycles. The fraction of sp³-hybridized carbons (Fsp3) is 0.286. The number of carbonyl (C=O) groups excluding carboxylic acids is 1. The minimum absolute atomic E-state index is 0.167. The van der Waals surface area contributed by atoms with Gasteiger partial charge in [-0.3, -0.25) is 10.1 Å². The molecule has 0 fully saturated rings. The molecule has 6 heteroatoms. The minimum Gasteiger partial charge on any atom is -0.450 e. The first-order chi connectivity index (χ1) is 9.69. The van der Waals surface area contributed by atoms with Gasteiger partial charge in [0.25, 0.3) is 12.3 Å². The summed E-state index contributed by atoms with van der Waals surface area (Å²) in [6, 6.07) is 9.04. The summed E-state index contributed by atoms with van der Waals surface area (Å²) in [5.74, 6) is -0.193. The number of nitrogens with zero attached hydrogens (tertiary/aromatic N) is 1. The Kier molecular flexibility index (Phi) is 3.14. The molecule has 1 aromatic rings. The van der Waals surface area contributed by atoms with Gasteiger partial charge in [-0.15, -0.1) is 0 Å². The third-order valence-electron chi connectivity index (χ3n) is 3.35. The summed E-state index contributed by atoms with van der Waals surface area (Å²) in [6.07, 6.45) is -1.33. The van der Waals surface area contributed by atoms with E-state index in [1.165, 1.54) is 0 Å². The third-order valence-corrected chi connectivity index (χ3v) is 3.35. The van der Waals surface area contributed by atoms with Crippen LogP contribution >= 0.6 is 0 Å². The molecule has 0 bridgehead atoms. The van der Waals surface area contributed by atoms with Crippen LogP contribution in [-0.2, 0) is 14.3 Å². The zero-order chi connectivity index (χ0) is 14.1. The smallest absolute Gasteiger partial charge is 0.281 e. The Morgan fingerprint density at radius 3 is 2.80 bits per heavy atom. The Morgan fingerprint density at radius 2 is 2.10 bits per heavy atom. The molecule has 102 valence electrons. The second-order valence-corrected chi connectivity index (χ2v) is 4.59. The van der Waals surface area contributed by atoms with Crippen LogP contribution in [0.25, 0.3) is 0 Å². The van der Waals surface area contributed by atoms with Crippen LogP contribution < -0.4 is 5.32 Å². The number of rotatable bonds is 1. The molecule has 2 aliphatic heterocycles. The number of hydrogen-bond donors (Lipinski definition) is 2. The van der Waals surface area contributed by atoms with Crippen LogP contribution in [0, 0.1) is 11.3 Å². The number of aliphatic hydroxyl groups excluding tert-OH is 1. The van der Waals surface area contributed by atoms with Gasteiger partial charge in [0.2, 0.25) is 0 Å². The molecule has 2 atom stereocenters. The SMILES string of the molecule is N#Cc1ccc(C2COCC3=C2OC(O)NC3=O)cc1. The molecule has 2 aliphatic rings. The van der Waals surface area contributed by atoms with Crippen LogP contribution in [0.5, 0.6) is 0 Å². The molecule has 1 amide bonds. The van der Waals surface area contributed by atoms with Gasteiger partial charge in [-0.25, -0.2) is 0 Å². The van der Waals surface area contributed by atoms with Crippen molar-refractivity contribution >= 4 is 5.91 Å². The predicted molar refractivity (Wildman–Crippen MR) is 67.0 cm³/mol. The largest absolute Gasteiger partial charge is 0.450 e. The van der Waals surface area contributed by atoms with E-state index in [1.807, 2.05) is 6.07 Å². The Morgan fingerprint density at radius 1 is 1.35 bits per heavy atom. The van der Waals surface area contributed by atoms with Gasteiger partial charge in [0.05, 0.1) is 36.3 Å². The van der Waals surface area contributed by atoms with Crippen molar-refractivity contribution in [2.45, 2.75) is 12.3 Å². The van der Waals surface area contributed by atoms with Gasteiger partial charge >= 0.3 is 0 Å². The van der Waals surface area contributed by atoms with E-state index in [0.717, 1.165) is 5.56 Å². The number of nitriles is 1. The highest BCUT2D eigenvalue weighted by Crippen LogP contribution is 2.34. The maximum atomic E-state index is 11.8. The average Bonchev–Trinajstić information content (AvgIpc) is 2.47. The second kappa shape index (κ2) is 4.96. The van der Waals surface area contributed by atoms with Crippen LogP contribution in [0.2, 0.25) is 0 Å². The molecule has 6 nitrogen and oxygen atoms in total. The standard InChI is InChI=1S/C14H12N2O4/c15-5-8-1-3-9(4-2-8)10-6-19-7-11-12(10)20-14(18)16-13(11)17/h1-4,10,14,18H,6-7H2,(H,16,17). The number of nitrogens with one attached hydrogen (secondary N) is 1. The van der Waals surface area contributed by atoms with Crippen molar-refractivity contribution in [1.82, 2.24) is 5.32 Å². The van der Waals surface area contributed by atoms with Crippen LogP contribution in [-0.4, -0.2) is 30.6 Å². The lowest BCUT2D eigenvalue weighted by Gasteiger charge is -2.33. The van der Waals surface area contributed by atoms with Crippen LogP contribution in [0.4, 0.5) is 0 Å². The topological polar surface area (TPSA) is 91.6 Å². The molecule has 0 saturated carbocycles. The van der Waals surface area contributed by atoms with Crippen molar-refractivity contribution in [1.29, 1.82) is 5.26 Å². The first-order valence-electron chi connectivity index (χ1n) is 6.15. The van der Waals surface area contributed by atoms with Gasteiger partial charge in [-0.05, 0) is 17.7 Å². The average molecular weight is 272 g/mol. The Bertz CT molecular complexity index is 615. The molecule has 0 spiro atoms. The Labute approximate surface area is 115 Å². The molecule has 0 aliphatic carbocycles. The fourth-order valence-electron chi connectivity index (χ4n) is 2.35. The summed E-state index contributed by atoms with van der Waals surface area (Å²) in [6.45, 7) is 0.533. The molecular formula is C14H12N2O4. The molecular weight excluding hydrogens is 260 g/mol. The summed E-state index contributed by atoms with van der Waals surface area (Å²) in [5, 5.41) is 20.6. The number of benzene rings is 1. The van der Waals surface area contributed by atoms with Crippen LogP contribution in [0.15, 0.2) is 35.6 Å². The normalized spacial score (nSPS) is 25.3. The summed E-state index contributed by atoms with van der Waals surface area (Å²) in [4.78, 5) is 11.8. The molecule has 2 N–H and O–H groups in total. The Hall–Kier alpha value is -2.36. The van der Waals surface area contributed by atoms with Crippen molar-refractivity contribution in [3.05, 3.63) is 46.7 Å². The summed E-state index contributed by atoms with van der Waals surface area (Å²) in [7, 11) is 0. The zero-order valence-electron chi connectivity index (χ0n) is 10.5. The highest BCUT2D eigenvalue weighted by atomic mass is 16.6. The molecule has 2 unspecified atom stereocenters. The van der Waals surface area contributed by atoms with Crippen LogP contribution in [0.3, 0.4) is 0 Å². The molecule has 0 radical (unpaired) electrons. The van der Waals surface area contributed by atoms with E-state index in [2.05, 4.69) is 5.32 Å². The van der Waals surface area contributed by atoms with E-state index in [-0.39, 0.29) is 18.4 Å². The maximum Gasteiger partial charge on any atom is 0.281 e. The van der Waals surface area contributed by atoms with Crippen molar-refractivity contribution in [2.75, 3.05) is 13.2 Å². The van der Waals surface area contributed by atoms with Gasteiger partial charge in [0.1, 0.15) is 5.76 Å². The first kappa shape index (κ1) is 12.7.